The van der Waals surface area contributed by atoms with Crippen LogP contribution in [0.3, 0.4) is 0 Å². The highest BCUT2D eigenvalue weighted by Gasteiger charge is 2.38. The van der Waals surface area contributed by atoms with Gasteiger partial charge in [0, 0.05) is 29.9 Å². The van der Waals surface area contributed by atoms with Crippen LogP contribution in [0, 0.1) is 0 Å². The molecule has 0 unspecified atom stereocenters. The maximum absolute atomic E-state index is 12.6. The Morgan fingerprint density at radius 1 is 1.17 bits per heavy atom. The number of nitrogens with zero attached hydrogens (tertiary/aromatic N) is 4. The number of aromatic amines is 1. The van der Waals surface area contributed by atoms with Crippen LogP contribution in [-0.2, 0) is 4.79 Å². The Morgan fingerprint density at radius 3 is 2.36 bits per heavy atom. The first-order valence-corrected chi connectivity index (χ1v) is 10.7. The van der Waals surface area contributed by atoms with Crippen LogP contribution in [-0.4, -0.2) is 66.8 Å². The van der Waals surface area contributed by atoms with Crippen molar-refractivity contribution in [3.8, 4) is 5.69 Å². The van der Waals surface area contributed by atoms with Gasteiger partial charge in [0.15, 0.2) is 5.69 Å². The number of amides is 2. The van der Waals surface area contributed by atoms with Gasteiger partial charge in [-0.3, -0.25) is 14.7 Å². The average molecular weight is 505 g/mol. The normalized spacial score (nSPS) is 13.1. The molecule has 0 atom stereocenters. The number of carbonyl (C=O) groups is 3. The van der Waals surface area contributed by atoms with E-state index in [4.69, 9.17) is 9.90 Å². The molecule has 1 aliphatic carbocycles. The van der Waals surface area contributed by atoms with Gasteiger partial charge in [-0.15, -0.1) is 5.10 Å². The van der Waals surface area contributed by atoms with Gasteiger partial charge in [-0.05, 0) is 56.2 Å². The van der Waals surface area contributed by atoms with Gasteiger partial charge < -0.3 is 15.7 Å². The van der Waals surface area contributed by atoms with E-state index < -0.39 is 12.1 Å². The van der Waals surface area contributed by atoms with Crippen LogP contribution in [0.2, 0.25) is 0 Å². The summed E-state index contributed by atoms with van der Waals surface area (Å²) < 4.78 is 33.3. The molecule has 36 heavy (non-hydrogen) atoms. The molecule has 0 saturated heterocycles. The topological polar surface area (TPSA) is 155 Å². The molecule has 11 nitrogen and oxygen atoms in total. The summed E-state index contributed by atoms with van der Waals surface area (Å²) in [6.45, 7) is 2.43. The molecule has 1 aromatic carbocycles. The number of benzene rings is 1. The summed E-state index contributed by atoms with van der Waals surface area (Å²) in [5.41, 5.74) is 2.92. The second-order valence-electron chi connectivity index (χ2n) is 7.56. The van der Waals surface area contributed by atoms with Gasteiger partial charge >= 0.3 is 12.1 Å². The summed E-state index contributed by atoms with van der Waals surface area (Å²) >= 11 is 0. The molecule has 4 rings (SSSR count). The maximum Gasteiger partial charge on any atom is 0.490 e. The van der Waals surface area contributed by atoms with Crippen molar-refractivity contribution in [1.29, 1.82) is 0 Å². The summed E-state index contributed by atoms with van der Waals surface area (Å²) in [5.74, 6) is -3.14. The van der Waals surface area contributed by atoms with Crippen LogP contribution >= 0.6 is 0 Å². The monoisotopic (exact) mass is 505 g/mol. The number of carbonyl (C=O) groups excluding carboxylic acids is 2. The largest absolute Gasteiger partial charge is 0.490 e. The Kier molecular flexibility index (Phi) is 8.19. The lowest BCUT2D eigenvalue weighted by molar-refractivity contribution is -0.192. The molecule has 2 amide bonds. The molecule has 1 aliphatic rings. The predicted octanol–water partition coefficient (Wildman–Crippen LogP) is 2.44. The molecule has 0 aliphatic heterocycles. The summed E-state index contributed by atoms with van der Waals surface area (Å²) in [7, 11) is 0. The molecule has 190 valence electrons. The number of hydrogen-bond donors (Lipinski definition) is 4. The van der Waals surface area contributed by atoms with Crippen LogP contribution in [0.4, 0.5) is 13.2 Å². The van der Waals surface area contributed by atoms with Crippen LogP contribution in [0.15, 0.2) is 36.7 Å². The number of alkyl halides is 3. The summed E-state index contributed by atoms with van der Waals surface area (Å²) in [4.78, 5) is 33.5. The molecule has 2 heterocycles. The standard InChI is InChI=1S/C20H21N7O2.C2HF3O2/c1-2-21-19(28)14-4-8-16(9-5-14)27-17(10-3-13-11-22-23-12-13)18(25-26-27)20(29)24-15-6-7-15;3-2(4,5)1(6)7/h3-5,8-12,15H,2,6-7H2,1H3,(H,21,28)(H,22,23)(H,24,29);(H,6,7)/b10-3+;. The predicted molar refractivity (Wildman–Crippen MR) is 121 cm³/mol. The molecule has 3 aromatic rings. The first-order valence-electron chi connectivity index (χ1n) is 10.7. The van der Waals surface area contributed by atoms with Gasteiger partial charge in [-0.2, -0.15) is 18.3 Å². The Hall–Kier alpha value is -4.49. The lowest BCUT2D eigenvalue weighted by Gasteiger charge is -2.07. The third kappa shape index (κ3) is 7.01. The fourth-order valence-electron chi connectivity index (χ4n) is 2.82. The highest BCUT2D eigenvalue weighted by Crippen LogP contribution is 2.21. The van der Waals surface area contributed by atoms with E-state index in [1.54, 1.807) is 47.4 Å². The first-order chi connectivity index (χ1) is 17.1. The van der Waals surface area contributed by atoms with E-state index >= 15 is 0 Å². The van der Waals surface area contributed by atoms with E-state index in [1.807, 2.05) is 13.0 Å². The van der Waals surface area contributed by atoms with Crippen molar-refractivity contribution in [2.24, 2.45) is 0 Å². The number of nitrogens with one attached hydrogen (secondary N) is 3. The van der Waals surface area contributed by atoms with Crippen molar-refractivity contribution in [1.82, 2.24) is 35.8 Å². The summed E-state index contributed by atoms with van der Waals surface area (Å²) in [6, 6.07) is 7.20. The van der Waals surface area contributed by atoms with Gasteiger partial charge in [0.1, 0.15) is 5.69 Å². The highest BCUT2D eigenvalue weighted by molar-refractivity contribution is 5.97. The second kappa shape index (κ2) is 11.3. The zero-order valence-corrected chi connectivity index (χ0v) is 18.9. The average Bonchev–Trinajstić information content (AvgIpc) is 3.31. The second-order valence-corrected chi connectivity index (χ2v) is 7.56. The molecule has 0 radical (unpaired) electrons. The molecular formula is C22H22F3N7O4. The first kappa shape index (κ1) is 26.1. The van der Waals surface area contributed by atoms with Crippen molar-refractivity contribution in [2.45, 2.75) is 32.0 Å². The number of aromatic nitrogens is 5. The molecule has 1 fully saturated rings. The molecule has 14 heteroatoms. The SMILES string of the molecule is CCNC(=O)c1ccc(-n2nnc(C(=O)NC3CC3)c2/C=C/c2cn[nH]c2)cc1.O=C(O)C(F)(F)F. The third-order valence-corrected chi connectivity index (χ3v) is 4.74. The molecule has 2 aromatic heterocycles. The van der Waals surface area contributed by atoms with Gasteiger partial charge in [-0.25, -0.2) is 9.48 Å². The number of halogens is 3. The Balaban J connectivity index is 0.000000454. The molecule has 1 saturated carbocycles. The van der Waals surface area contributed by atoms with E-state index in [-0.39, 0.29) is 23.6 Å². The number of H-pyrrole nitrogens is 1. The highest BCUT2D eigenvalue weighted by atomic mass is 19.4. The molecule has 0 spiro atoms. The lowest BCUT2D eigenvalue weighted by Crippen LogP contribution is -2.26. The van der Waals surface area contributed by atoms with Gasteiger partial charge in [0.2, 0.25) is 0 Å². The maximum atomic E-state index is 12.6. The van der Waals surface area contributed by atoms with Crippen molar-refractivity contribution in [2.75, 3.05) is 6.54 Å². The number of aliphatic carboxylic acids is 1. The smallest absolute Gasteiger partial charge is 0.475 e. The van der Waals surface area contributed by atoms with Crippen molar-refractivity contribution in [3.05, 3.63) is 59.2 Å². The zero-order chi connectivity index (χ0) is 26.3. The van der Waals surface area contributed by atoms with E-state index in [0.29, 0.717) is 23.5 Å². The Labute approximate surface area is 202 Å². The van der Waals surface area contributed by atoms with E-state index in [1.165, 1.54) is 0 Å². The Bertz CT molecular complexity index is 1230. The number of rotatable bonds is 7. The lowest BCUT2D eigenvalue weighted by atomic mass is 10.2. The molecular weight excluding hydrogens is 483 g/mol. The van der Waals surface area contributed by atoms with Gasteiger partial charge in [-0.1, -0.05) is 5.21 Å². The summed E-state index contributed by atoms with van der Waals surface area (Å²) in [6.07, 6.45) is 3.92. The zero-order valence-electron chi connectivity index (χ0n) is 18.9. The van der Waals surface area contributed by atoms with E-state index in [0.717, 1.165) is 18.4 Å². The minimum atomic E-state index is -5.08. The van der Waals surface area contributed by atoms with Crippen LogP contribution in [0.5, 0.6) is 0 Å². The third-order valence-electron chi connectivity index (χ3n) is 4.74. The van der Waals surface area contributed by atoms with E-state index in [2.05, 4.69) is 31.1 Å². The fourth-order valence-corrected chi connectivity index (χ4v) is 2.82. The van der Waals surface area contributed by atoms with Crippen LogP contribution < -0.4 is 10.6 Å². The number of hydrogen-bond acceptors (Lipinski definition) is 6. The van der Waals surface area contributed by atoms with Crippen LogP contribution in [0.1, 0.15) is 51.9 Å². The molecule has 4 N–H and O–H groups in total. The number of carboxylic acid groups (broad SMARTS) is 1. The minimum absolute atomic E-state index is 0.137. The van der Waals surface area contributed by atoms with Crippen molar-refractivity contribution < 1.29 is 32.7 Å². The van der Waals surface area contributed by atoms with Gasteiger partial charge in [0.25, 0.3) is 11.8 Å². The minimum Gasteiger partial charge on any atom is -0.475 e. The Morgan fingerprint density at radius 2 is 1.83 bits per heavy atom. The fraction of sp³-hybridized carbons (Fsp3) is 0.273. The van der Waals surface area contributed by atoms with Gasteiger partial charge in [0.05, 0.1) is 11.9 Å². The van der Waals surface area contributed by atoms with Crippen LogP contribution in [0.25, 0.3) is 17.8 Å². The summed E-state index contributed by atoms with van der Waals surface area (Å²) in [5, 5.41) is 27.8. The quantitative estimate of drug-likeness (QED) is 0.384. The van der Waals surface area contributed by atoms with Crippen molar-refractivity contribution >= 4 is 29.9 Å². The van der Waals surface area contributed by atoms with Crippen molar-refractivity contribution in [3.63, 3.8) is 0 Å². The number of carboxylic acids is 1. The molecule has 0 bridgehead atoms. The van der Waals surface area contributed by atoms with E-state index in [9.17, 15) is 22.8 Å².